The molecule has 0 aromatic heterocycles. The van der Waals surface area contributed by atoms with Crippen molar-refractivity contribution in [3.8, 4) is 0 Å². The SMILES string of the molecule is COC(CN)CC(=O)NC1CCN(C)C1=O. The number of ether oxygens (including phenoxy) is 1. The zero-order chi connectivity index (χ0) is 12.1. The van der Waals surface area contributed by atoms with Crippen molar-refractivity contribution in [3.05, 3.63) is 0 Å². The quantitative estimate of drug-likeness (QED) is 0.613. The van der Waals surface area contributed by atoms with Gasteiger partial charge in [0.05, 0.1) is 12.5 Å². The van der Waals surface area contributed by atoms with Gasteiger partial charge in [-0.2, -0.15) is 0 Å². The van der Waals surface area contributed by atoms with E-state index < -0.39 is 0 Å². The van der Waals surface area contributed by atoms with Gasteiger partial charge in [0.25, 0.3) is 0 Å². The Balaban J connectivity index is 2.37. The predicted octanol–water partition coefficient (Wildman–Crippen LogP) is -1.30. The minimum atomic E-state index is -0.382. The first-order chi connectivity index (χ1) is 7.58. The van der Waals surface area contributed by atoms with Gasteiger partial charge in [0.2, 0.25) is 11.8 Å². The zero-order valence-corrected chi connectivity index (χ0v) is 9.73. The molecule has 0 aromatic carbocycles. The molecule has 1 aliphatic rings. The number of rotatable bonds is 5. The Hall–Kier alpha value is -1.14. The normalized spacial score (nSPS) is 22.3. The summed E-state index contributed by atoms with van der Waals surface area (Å²) in [4.78, 5) is 24.7. The molecule has 0 aromatic rings. The van der Waals surface area contributed by atoms with Crippen molar-refractivity contribution in [3.63, 3.8) is 0 Å². The first-order valence-electron chi connectivity index (χ1n) is 5.35. The van der Waals surface area contributed by atoms with E-state index in [1.165, 1.54) is 7.11 Å². The third-order valence-corrected chi connectivity index (χ3v) is 2.77. The molecule has 6 nitrogen and oxygen atoms in total. The topological polar surface area (TPSA) is 84.7 Å². The second kappa shape index (κ2) is 5.81. The van der Waals surface area contributed by atoms with E-state index in [9.17, 15) is 9.59 Å². The van der Waals surface area contributed by atoms with Crippen LogP contribution in [-0.2, 0) is 14.3 Å². The average Bonchev–Trinajstić information content (AvgIpc) is 2.58. The summed E-state index contributed by atoms with van der Waals surface area (Å²) < 4.78 is 5.00. The van der Waals surface area contributed by atoms with Gasteiger partial charge in [0.15, 0.2) is 0 Å². The number of likely N-dealkylation sites (N-methyl/N-ethyl adjacent to an activating group) is 1. The molecule has 1 aliphatic heterocycles. The van der Waals surface area contributed by atoms with Gasteiger partial charge < -0.3 is 20.7 Å². The fourth-order valence-electron chi connectivity index (χ4n) is 1.68. The molecule has 1 rings (SSSR count). The number of hydrogen-bond donors (Lipinski definition) is 2. The van der Waals surface area contributed by atoms with Gasteiger partial charge in [-0.3, -0.25) is 9.59 Å². The molecule has 0 aliphatic carbocycles. The lowest BCUT2D eigenvalue weighted by atomic mass is 10.2. The van der Waals surface area contributed by atoms with Crippen LogP contribution in [0.1, 0.15) is 12.8 Å². The van der Waals surface area contributed by atoms with E-state index in [1.54, 1.807) is 11.9 Å². The maximum Gasteiger partial charge on any atom is 0.244 e. The van der Waals surface area contributed by atoms with Crippen molar-refractivity contribution in [2.45, 2.75) is 25.0 Å². The maximum absolute atomic E-state index is 11.6. The molecule has 1 fully saturated rings. The van der Waals surface area contributed by atoms with Crippen molar-refractivity contribution < 1.29 is 14.3 Å². The molecule has 1 saturated heterocycles. The number of likely N-dealkylation sites (tertiary alicyclic amines) is 1. The lowest BCUT2D eigenvalue weighted by Gasteiger charge is -2.15. The van der Waals surface area contributed by atoms with Crippen LogP contribution in [0, 0.1) is 0 Å². The molecule has 0 bridgehead atoms. The van der Waals surface area contributed by atoms with E-state index in [1.807, 2.05) is 0 Å². The first-order valence-corrected chi connectivity index (χ1v) is 5.35. The first kappa shape index (κ1) is 12.9. The molecule has 2 unspecified atom stereocenters. The van der Waals surface area contributed by atoms with Gasteiger partial charge in [-0.25, -0.2) is 0 Å². The van der Waals surface area contributed by atoms with Crippen LogP contribution in [-0.4, -0.2) is 56.1 Å². The summed E-state index contributed by atoms with van der Waals surface area (Å²) in [6.07, 6.45) is 0.580. The zero-order valence-electron chi connectivity index (χ0n) is 9.73. The van der Waals surface area contributed by atoms with Crippen LogP contribution >= 0.6 is 0 Å². The third-order valence-electron chi connectivity index (χ3n) is 2.77. The highest BCUT2D eigenvalue weighted by atomic mass is 16.5. The molecule has 2 amide bonds. The summed E-state index contributed by atoms with van der Waals surface area (Å²) in [6.45, 7) is 0.983. The average molecular weight is 229 g/mol. The van der Waals surface area contributed by atoms with E-state index in [0.717, 1.165) is 0 Å². The number of nitrogens with two attached hydrogens (primary N) is 1. The molecule has 1 heterocycles. The summed E-state index contributed by atoms with van der Waals surface area (Å²) in [7, 11) is 3.24. The minimum absolute atomic E-state index is 0.0323. The third kappa shape index (κ3) is 3.18. The highest BCUT2D eigenvalue weighted by molar-refractivity contribution is 5.89. The van der Waals surface area contributed by atoms with Crippen LogP contribution < -0.4 is 11.1 Å². The number of carbonyl (C=O) groups excluding carboxylic acids is 2. The lowest BCUT2D eigenvalue weighted by Crippen LogP contribution is -2.42. The molecule has 0 spiro atoms. The number of hydrogen-bond acceptors (Lipinski definition) is 4. The Morgan fingerprint density at radius 2 is 2.44 bits per heavy atom. The van der Waals surface area contributed by atoms with Crippen LogP contribution in [0.15, 0.2) is 0 Å². The molecular weight excluding hydrogens is 210 g/mol. The minimum Gasteiger partial charge on any atom is -0.380 e. The summed E-state index contributed by atoms with van der Waals surface area (Å²) in [5.74, 6) is -0.221. The van der Waals surface area contributed by atoms with Crippen molar-refractivity contribution in [1.82, 2.24) is 10.2 Å². The smallest absolute Gasteiger partial charge is 0.244 e. The number of methoxy groups -OCH3 is 1. The number of nitrogens with zero attached hydrogens (tertiary/aromatic N) is 1. The van der Waals surface area contributed by atoms with Crippen molar-refractivity contribution in [1.29, 1.82) is 0 Å². The van der Waals surface area contributed by atoms with Gasteiger partial charge in [-0.05, 0) is 6.42 Å². The van der Waals surface area contributed by atoms with Gasteiger partial charge in [0, 0.05) is 27.2 Å². The molecule has 0 radical (unpaired) electrons. The fourth-order valence-corrected chi connectivity index (χ4v) is 1.68. The summed E-state index contributed by atoms with van der Waals surface area (Å²) in [6, 6.07) is -0.382. The Morgan fingerprint density at radius 1 is 1.75 bits per heavy atom. The molecular formula is C10H19N3O3. The van der Waals surface area contributed by atoms with E-state index >= 15 is 0 Å². The monoisotopic (exact) mass is 229 g/mol. The maximum atomic E-state index is 11.6. The molecule has 2 atom stereocenters. The van der Waals surface area contributed by atoms with Crippen LogP contribution in [0.3, 0.4) is 0 Å². The van der Waals surface area contributed by atoms with Crippen LogP contribution in [0.4, 0.5) is 0 Å². The van der Waals surface area contributed by atoms with Gasteiger partial charge in [-0.15, -0.1) is 0 Å². The van der Waals surface area contributed by atoms with Gasteiger partial charge in [-0.1, -0.05) is 0 Å². The highest BCUT2D eigenvalue weighted by Gasteiger charge is 2.30. The Bertz CT molecular complexity index is 266. The van der Waals surface area contributed by atoms with Crippen molar-refractivity contribution >= 4 is 11.8 Å². The second-order valence-electron chi connectivity index (χ2n) is 3.97. The van der Waals surface area contributed by atoms with Crippen LogP contribution in [0.2, 0.25) is 0 Å². The van der Waals surface area contributed by atoms with E-state index in [2.05, 4.69) is 5.32 Å². The van der Waals surface area contributed by atoms with Crippen molar-refractivity contribution in [2.24, 2.45) is 5.73 Å². The lowest BCUT2D eigenvalue weighted by molar-refractivity contribution is -0.132. The van der Waals surface area contributed by atoms with Crippen molar-refractivity contribution in [2.75, 3.05) is 27.2 Å². The second-order valence-corrected chi connectivity index (χ2v) is 3.97. The Kier molecular flexibility index (Phi) is 4.70. The summed E-state index contributed by atoms with van der Waals surface area (Å²) in [5, 5.41) is 2.69. The van der Waals surface area contributed by atoms with E-state index in [4.69, 9.17) is 10.5 Å². The molecule has 0 saturated carbocycles. The van der Waals surface area contributed by atoms with Crippen LogP contribution in [0.25, 0.3) is 0 Å². The molecule has 3 N–H and O–H groups in total. The summed E-state index contributed by atoms with van der Waals surface area (Å²) in [5.41, 5.74) is 5.41. The van der Waals surface area contributed by atoms with Gasteiger partial charge in [0.1, 0.15) is 6.04 Å². The van der Waals surface area contributed by atoms with Crippen LogP contribution in [0.5, 0.6) is 0 Å². The Labute approximate surface area is 95.1 Å². The molecule has 92 valence electrons. The number of amides is 2. The fraction of sp³-hybridized carbons (Fsp3) is 0.800. The standard InChI is InChI=1S/C10H19N3O3/c1-13-4-3-8(10(13)15)12-9(14)5-7(6-11)16-2/h7-8H,3-6,11H2,1-2H3,(H,12,14). The predicted molar refractivity (Wildman–Crippen MR) is 58.7 cm³/mol. The Morgan fingerprint density at radius 3 is 2.88 bits per heavy atom. The van der Waals surface area contributed by atoms with E-state index in [-0.39, 0.29) is 30.4 Å². The van der Waals surface area contributed by atoms with E-state index in [0.29, 0.717) is 19.5 Å². The molecule has 16 heavy (non-hydrogen) atoms. The number of carbonyl (C=O) groups is 2. The largest absolute Gasteiger partial charge is 0.380 e. The number of nitrogens with one attached hydrogen (secondary N) is 1. The highest BCUT2D eigenvalue weighted by Crippen LogP contribution is 2.08. The summed E-state index contributed by atoms with van der Waals surface area (Å²) >= 11 is 0. The van der Waals surface area contributed by atoms with Gasteiger partial charge >= 0.3 is 0 Å². The molecule has 6 heteroatoms.